The molecular formula is C22H25ClF3NO. The van der Waals surface area contributed by atoms with Crippen LogP contribution in [0.2, 0.25) is 5.02 Å². The molecule has 0 heterocycles. The Morgan fingerprint density at radius 1 is 1.11 bits per heavy atom. The predicted molar refractivity (Wildman–Crippen MR) is 108 cm³/mol. The number of nitrogens with zero attached hydrogens (tertiary/aromatic N) is 1. The van der Waals surface area contributed by atoms with Crippen LogP contribution in [0.3, 0.4) is 0 Å². The van der Waals surface area contributed by atoms with Crippen LogP contribution in [-0.2, 0) is 11.8 Å². The van der Waals surface area contributed by atoms with E-state index in [1.54, 1.807) is 43.3 Å². The van der Waals surface area contributed by atoms with Crippen molar-refractivity contribution in [3.63, 3.8) is 0 Å². The lowest BCUT2D eigenvalue weighted by atomic mass is 9.76. The molecule has 2 nitrogen and oxygen atoms in total. The number of hydrogen-bond donors (Lipinski definition) is 1. The van der Waals surface area contributed by atoms with E-state index in [4.69, 9.17) is 11.6 Å². The molecule has 0 radical (unpaired) electrons. The van der Waals surface area contributed by atoms with Gasteiger partial charge in [0.05, 0.1) is 5.56 Å². The minimum atomic E-state index is -4.48. The summed E-state index contributed by atoms with van der Waals surface area (Å²) >= 11 is 5.92. The van der Waals surface area contributed by atoms with Gasteiger partial charge < -0.3 is 10.0 Å². The quantitative estimate of drug-likeness (QED) is 0.644. The van der Waals surface area contributed by atoms with E-state index in [1.165, 1.54) is 6.07 Å². The van der Waals surface area contributed by atoms with Crippen molar-refractivity contribution in [1.29, 1.82) is 0 Å². The van der Waals surface area contributed by atoms with Crippen LogP contribution in [-0.4, -0.2) is 30.6 Å². The molecule has 2 atom stereocenters. The van der Waals surface area contributed by atoms with Gasteiger partial charge in [0.2, 0.25) is 0 Å². The molecule has 0 saturated carbocycles. The second kappa shape index (κ2) is 8.68. The summed E-state index contributed by atoms with van der Waals surface area (Å²) < 4.78 is 39.7. The molecule has 2 rings (SSSR count). The lowest BCUT2D eigenvalue weighted by molar-refractivity contribution is -0.137. The summed E-state index contributed by atoms with van der Waals surface area (Å²) in [7, 11) is 3.72. The fourth-order valence-electron chi connectivity index (χ4n) is 3.43. The number of halogens is 4. The van der Waals surface area contributed by atoms with E-state index in [1.807, 2.05) is 25.9 Å². The highest BCUT2D eigenvalue weighted by Crippen LogP contribution is 2.40. The van der Waals surface area contributed by atoms with Gasteiger partial charge in [-0.15, -0.1) is 0 Å². The molecule has 0 aromatic heterocycles. The SMILES string of the molecule is CC(=Cc1ccc(Cl)cc1)C(O)(c1cccc(C(F)(F)F)c1)C(C)CN(C)C. The summed E-state index contributed by atoms with van der Waals surface area (Å²) in [5.74, 6) is -0.352. The lowest BCUT2D eigenvalue weighted by Gasteiger charge is -2.37. The van der Waals surface area contributed by atoms with Crippen LogP contribution in [0, 0.1) is 5.92 Å². The van der Waals surface area contributed by atoms with E-state index in [0.717, 1.165) is 17.7 Å². The molecule has 28 heavy (non-hydrogen) atoms. The van der Waals surface area contributed by atoms with Crippen molar-refractivity contribution < 1.29 is 18.3 Å². The van der Waals surface area contributed by atoms with E-state index < -0.39 is 17.3 Å². The molecule has 2 aromatic rings. The first-order valence-electron chi connectivity index (χ1n) is 8.93. The van der Waals surface area contributed by atoms with Gasteiger partial charge in [-0.2, -0.15) is 13.2 Å². The van der Waals surface area contributed by atoms with Crippen molar-refractivity contribution in [3.05, 3.63) is 75.8 Å². The third kappa shape index (κ3) is 5.16. The van der Waals surface area contributed by atoms with Gasteiger partial charge in [-0.05, 0) is 62.0 Å². The zero-order valence-corrected chi connectivity index (χ0v) is 17.1. The molecule has 0 aliphatic rings. The monoisotopic (exact) mass is 411 g/mol. The van der Waals surface area contributed by atoms with Gasteiger partial charge in [-0.1, -0.05) is 48.9 Å². The molecule has 1 N–H and O–H groups in total. The fraction of sp³-hybridized carbons (Fsp3) is 0.364. The molecule has 6 heteroatoms. The summed E-state index contributed by atoms with van der Waals surface area (Å²) in [5, 5.41) is 12.3. The van der Waals surface area contributed by atoms with E-state index in [2.05, 4.69) is 0 Å². The molecular weight excluding hydrogens is 387 g/mol. The number of hydrogen-bond acceptors (Lipinski definition) is 2. The Morgan fingerprint density at radius 3 is 2.21 bits per heavy atom. The number of benzene rings is 2. The highest BCUT2D eigenvalue weighted by atomic mass is 35.5. The maximum absolute atomic E-state index is 13.2. The van der Waals surface area contributed by atoms with Gasteiger partial charge in [0.25, 0.3) is 0 Å². The van der Waals surface area contributed by atoms with Crippen molar-refractivity contribution >= 4 is 17.7 Å². The predicted octanol–water partition coefficient (Wildman–Crippen LogP) is 5.85. The molecule has 152 valence electrons. The third-order valence-corrected chi connectivity index (χ3v) is 5.09. The maximum atomic E-state index is 13.2. The van der Waals surface area contributed by atoms with E-state index >= 15 is 0 Å². The van der Waals surface area contributed by atoms with Crippen LogP contribution >= 0.6 is 11.6 Å². The highest BCUT2D eigenvalue weighted by molar-refractivity contribution is 6.30. The molecule has 0 amide bonds. The van der Waals surface area contributed by atoms with Gasteiger partial charge in [-0.25, -0.2) is 0 Å². The molecule has 0 aliphatic carbocycles. The number of rotatable bonds is 6. The largest absolute Gasteiger partial charge is 0.416 e. The second-order valence-corrected chi connectivity index (χ2v) is 7.82. The Hall–Kier alpha value is -1.82. The highest BCUT2D eigenvalue weighted by Gasteiger charge is 2.39. The summed E-state index contributed by atoms with van der Waals surface area (Å²) in [4.78, 5) is 1.90. The summed E-state index contributed by atoms with van der Waals surface area (Å²) in [6.07, 6.45) is -2.70. The molecule has 0 bridgehead atoms. The Morgan fingerprint density at radius 2 is 1.68 bits per heavy atom. The van der Waals surface area contributed by atoms with Crippen molar-refractivity contribution in [2.24, 2.45) is 5.92 Å². The van der Waals surface area contributed by atoms with Gasteiger partial charge in [0, 0.05) is 17.5 Å². The zero-order valence-electron chi connectivity index (χ0n) is 16.4. The van der Waals surface area contributed by atoms with Crippen LogP contribution in [0.1, 0.15) is 30.5 Å². The van der Waals surface area contributed by atoms with Crippen molar-refractivity contribution in [1.82, 2.24) is 4.90 Å². The molecule has 2 aromatic carbocycles. The molecule has 0 saturated heterocycles. The van der Waals surface area contributed by atoms with Gasteiger partial charge >= 0.3 is 6.18 Å². The second-order valence-electron chi connectivity index (χ2n) is 7.39. The average molecular weight is 412 g/mol. The normalized spacial score (nSPS) is 16.1. The molecule has 0 aliphatic heterocycles. The van der Waals surface area contributed by atoms with Crippen molar-refractivity contribution in [2.75, 3.05) is 20.6 Å². The molecule has 2 unspecified atom stereocenters. The van der Waals surface area contributed by atoms with E-state index in [-0.39, 0.29) is 11.5 Å². The van der Waals surface area contributed by atoms with Crippen LogP contribution in [0.4, 0.5) is 13.2 Å². The van der Waals surface area contributed by atoms with Crippen LogP contribution < -0.4 is 0 Å². The van der Waals surface area contributed by atoms with Crippen LogP contribution in [0.25, 0.3) is 6.08 Å². The Labute approximate surface area is 169 Å². The first-order valence-corrected chi connectivity index (χ1v) is 9.31. The first kappa shape index (κ1) is 22.5. The van der Waals surface area contributed by atoms with Gasteiger partial charge in [0.15, 0.2) is 0 Å². The van der Waals surface area contributed by atoms with E-state index in [0.29, 0.717) is 17.1 Å². The average Bonchev–Trinajstić information content (AvgIpc) is 2.61. The topological polar surface area (TPSA) is 23.5 Å². The van der Waals surface area contributed by atoms with Crippen molar-refractivity contribution in [2.45, 2.75) is 25.6 Å². The smallest absolute Gasteiger partial charge is 0.380 e. The number of aliphatic hydroxyl groups is 1. The van der Waals surface area contributed by atoms with E-state index in [9.17, 15) is 18.3 Å². The van der Waals surface area contributed by atoms with Crippen LogP contribution in [0.5, 0.6) is 0 Å². The standard InChI is InChI=1S/C22H25ClF3NO/c1-15(12-17-8-10-20(23)11-9-17)21(28,16(2)14-27(3)4)18-6-5-7-19(13-18)22(24,25)26/h5-13,16,28H,14H2,1-4H3. The zero-order chi connectivity index (χ0) is 21.1. The Bertz CT molecular complexity index is 830. The molecule has 0 fully saturated rings. The minimum absolute atomic E-state index is 0.222. The van der Waals surface area contributed by atoms with Gasteiger partial charge in [-0.3, -0.25) is 0 Å². The van der Waals surface area contributed by atoms with Gasteiger partial charge in [0.1, 0.15) is 5.60 Å². The molecule has 0 spiro atoms. The summed E-state index contributed by atoms with van der Waals surface area (Å²) in [6, 6.07) is 12.0. The van der Waals surface area contributed by atoms with Crippen LogP contribution in [0.15, 0.2) is 54.1 Å². The summed E-state index contributed by atoms with van der Waals surface area (Å²) in [5.41, 5.74) is -0.752. The third-order valence-electron chi connectivity index (χ3n) is 4.84. The minimum Gasteiger partial charge on any atom is -0.380 e. The Balaban J connectivity index is 2.59. The first-order chi connectivity index (χ1) is 12.9. The summed E-state index contributed by atoms with van der Waals surface area (Å²) in [6.45, 7) is 4.07. The Kier molecular flexibility index (Phi) is 6.97. The van der Waals surface area contributed by atoms with Crippen molar-refractivity contribution in [3.8, 4) is 0 Å². The maximum Gasteiger partial charge on any atom is 0.416 e. The number of alkyl halides is 3. The fourth-order valence-corrected chi connectivity index (χ4v) is 3.56. The lowest BCUT2D eigenvalue weighted by Crippen LogP contribution is -2.40.